The van der Waals surface area contributed by atoms with E-state index >= 15 is 0 Å². The molecular formula is C21H25N7OS2. The van der Waals surface area contributed by atoms with Crippen molar-refractivity contribution in [3.63, 3.8) is 0 Å². The highest BCUT2D eigenvalue weighted by atomic mass is 32.2. The summed E-state index contributed by atoms with van der Waals surface area (Å²) >= 11 is 2.82. The molecule has 3 rings (SSSR count). The quantitative estimate of drug-likeness (QED) is 0.522. The van der Waals surface area contributed by atoms with Crippen molar-refractivity contribution in [3.8, 4) is 6.07 Å². The molecule has 8 nitrogen and oxygen atoms in total. The van der Waals surface area contributed by atoms with Gasteiger partial charge in [0.25, 0.3) is 0 Å². The Labute approximate surface area is 191 Å². The molecule has 162 valence electrons. The van der Waals surface area contributed by atoms with Gasteiger partial charge in [-0.25, -0.2) is 14.8 Å². The number of hydrogen-bond donors (Lipinski definition) is 1. The fourth-order valence-electron chi connectivity index (χ4n) is 3.47. The van der Waals surface area contributed by atoms with E-state index < -0.39 is 0 Å². The molecule has 1 N–H and O–H groups in total. The highest BCUT2D eigenvalue weighted by molar-refractivity contribution is 7.98. The number of anilines is 2. The summed E-state index contributed by atoms with van der Waals surface area (Å²) < 4.78 is 0. The first-order valence-electron chi connectivity index (χ1n) is 10.1. The number of nitrogens with zero attached hydrogens (tertiary/aromatic N) is 6. The molecule has 3 heterocycles. The van der Waals surface area contributed by atoms with E-state index in [2.05, 4.69) is 38.1 Å². The lowest BCUT2D eigenvalue weighted by Crippen LogP contribution is -2.29. The van der Waals surface area contributed by atoms with Crippen molar-refractivity contribution in [1.82, 2.24) is 14.9 Å². The fraction of sp³-hybridized carbons (Fsp3) is 0.476. The molecule has 1 amide bonds. The zero-order valence-electron chi connectivity index (χ0n) is 17.9. The minimum atomic E-state index is -0.156. The van der Waals surface area contributed by atoms with Gasteiger partial charge in [0.05, 0.1) is 17.8 Å². The summed E-state index contributed by atoms with van der Waals surface area (Å²) in [7, 11) is 2.10. The van der Waals surface area contributed by atoms with Crippen LogP contribution in [0.4, 0.5) is 16.6 Å². The number of hydrogen-bond acceptors (Lipinski definition) is 8. The van der Waals surface area contributed by atoms with E-state index in [0.717, 1.165) is 43.9 Å². The number of amides is 1. The van der Waals surface area contributed by atoms with Gasteiger partial charge in [0.1, 0.15) is 16.9 Å². The molecule has 2 aromatic rings. The van der Waals surface area contributed by atoms with Crippen LogP contribution >= 0.6 is 23.1 Å². The number of pyridine rings is 1. The molecule has 0 unspecified atom stereocenters. The first-order valence-corrected chi connectivity index (χ1v) is 12.0. The van der Waals surface area contributed by atoms with Gasteiger partial charge in [-0.05, 0) is 32.0 Å². The molecule has 0 radical (unpaired) electrons. The minimum absolute atomic E-state index is 0.156. The number of nitriles is 1. The third-order valence-electron chi connectivity index (χ3n) is 5.01. The summed E-state index contributed by atoms with van der Waals surface area (Å²) in [5.74, 6) is 1.05. The summed E-state index contributed by atoms with van der Waals surface area (Å²) in [6.07, 6.45) is 1.60. The molecule has 2 aromatic heterocycles. The van der Waals surface area contributed by atoms with E-state index in [1.54, 1.807) is 0 Å². The maximum atomic E-state index is 11.2. The van der Waals surface area contributed by atoms with Gasteiger partial charge in [0.15, 0.2) is 5.13 Å². The molecule has 1 aliphatic rings. The molecule has 0 aliphatic carbocycles. The Kier molecular flexibility index (Phi) is 7.85. The number of nitrogens with one attached hydrogen (secondary N) is 1. The number of aromatic nitrogens is 2. The number of likely N-dealkylation sites (N-methyl/N-ethyl adjacent to an activating group) is 1. The van der Waals surface area contributed by atoms with Crippen LogP contribution < -0.4 is 10.2 Å². The topological polar surface area (TPSA) is 89.5 Å². The fourth-order valence-corrected chi connectivity index (χ4v) is 5.23. The van der Waals surface area contributed by atoms with Crippen LogP contribution in [0.5, 0.6) is 0 Å². The summed E-state index contributed by atoms with van der Waals surface area (Å²) in [6, 6.07) is 2.28. The van der Waals surface area contributed by atoms with E-state index in [9.17, 15) is 10.1 Å². The van der Waals surface area contributed by atoms with Crippen molar-refractivity contribution in [2.75, 3.05) is 43.4 Å². The predicted molar refractivity (Wildman–Crippen MR) is 125 cm³/mol. The van der Waals surface area contributed by atoms with Gasteiger partial charge in [-0.2, -0.15) is 5.26 Å². The van der Waals surface area contributed by atoms with Gasteiger partial charge in [-0.1, -0.05) is 18.7 Å². The third-order valence-corrected chi connectivity index (χ3v) is 6.82. The highest BCUT2D eigenvalue weighted by Crippen LogP contribution is 2.39. The van der Waals surface area contributed by atoms with E-state index in [1.807, 2.05) is 12.3 Å². The molecule has 1 aliphatic heterocycles. The average molecular weight is 456 g/mol. The van der Waals surface area contributed by atoms with Gasteiger partial charge < -0.3 is 15.1 Å². The molecule has 10 heteroatoms. The molecule has 31 heavy (non-hydrogen) atoms. The Hall–Kier alpha value is -2.66. The van der Waals surface area contributed by atoms with Crippen molar-refractivity contribution < 1.29 is 4.79 Å². The van der Waals surface area contributed by atoms with Crippen LogP contribution in [-0.4, -0.2) is 54.0 Å². The van der Waals surface area contributed by atoms with Crippen molar-refractivity contribution in [3.05, 3.63) is 33.6 Å². The van der Waals surface area contributed by atoms with Gasteiger partial charge in [0, 0.05) is 37.7 Å². The third kappa shape index (κ3) is 5.53. The van der Waals surface area contributed by atoms with E-state index in [-0.39, 0.29) is 5.91 Å². The smallest absolute Gasteiger partial charge is 0.232 e. The molecule has 0 atom stereocenters. The van der Waals surface area contributed by atoms with Gasteiger partial charge in [-0.15, -0.1) is 11.3 Å². The van der Waals surface area contributed by atoms with E-state index in [0.29, 0.717) is 39.4 Å². The standard InChI is InChI=1S/C21H25N7OS2/c1-5-16-17(11-22)20(30-12-15-13-31-21(25-15)24-14(2)29)26-19(18(16)23-3)28-8-6-7-27(4)9-10-28/h13H,5-10,12H2,1-2,4H3,(H,24,25,29). The zero-order valence-corrected chi connectivity index (χ0v) is 19.6. The van der Waals surface area contributed by atoms with Crippen LogP contribution in [-0.2, 0) is 17.0 Å². The number of thioether (sulfide) groups is 1. The van der Waals surface area contributed by atoms with Crippen molar-refractivity contribution in [1.29, 1.82) is 5.26 Å². The van der Waals surface area contributed by atoms with Crippen LogP contribution in [0.15, 0.2) is 10.4 Å². The molecule has 1 fully saturated rings. The highest BCUT2D eigenvalue weighted by Gasteiger charge is 2.24. The van der Waals surface area contributed by atoms with Crippen LogP contribution in [0.3, 0.4) is 0 Å². The van der Waals surface area contributed by atoms with E-state index in [4.69, 9.17) is 11.6 Å². The second-order valence-corrected chi connectivity index (χ2v) is 9.10. The molecule has 0 spiro atoms. The summed E-state index contributed by atoms with van der Waals surface area (Å²) in [6.45, 7) is 14.8. The predicted octanol–water partition coefficient (Wildman–Crippen LogP) is 3.92. The van der Waals surface area contributed by atoms with Gasteiger partial charge in [0.2, 0.25) is 11.6 Å². The summed E-state index contributed by atoms with van der Waals surface area (Å²) in [5.41, 5.74) is 2.55. The van der Waals surface area contributed by atoms with Crippen LogP contribution in [0.1, 0.15) is 37.1 Å². The Morgan fingerprint density at radius 1 is 1.39 bits per heavy atom. The molecule has 0 aromatic carbocycles. The van der Waals surface area contributed by atoms with Crippen LogP contribution in [0.2, 0.25) is 0 Å². The lowest BCUT2D eigenvalue weighted by molar-refractivity contribution is -0.114. The molecular weight excluding hydrogens is 430 g/mol. The zero-order chi connectivity index (χ0) is 22.4. The summed E-state index contributed by atoms with van der Waals surface area (Å²) in [4.78, 5) is 28.7. The first-order chi connectivity index (χ1) is 15.0. The van der Waals surface area contributed by atoms with Gasteiger partial charge in [-0.3, -0.25) is 4.79 Å². The Bertz CT molecular complexity index is 1040. The Morgan fingerprint density at radius 2 is 2.19 bits per heavy atom. The SMILES string of the molecule is [C-]#[N+]c1c(N2CCCN(C)CC2)nc(SCc2csc(NC(C)=O)n2)c(C#N)c1CC. The lowest BCUT2D eigenvalue weighted by Gasteiger charge is -2.25. The first kappa shape index (κ1) is 23.0. The van der Waals surface area contributed by atoms with Crippen LogP contribution in [0.25, 0.3) is 4.85 Å². The van der Waals surface area contributed by atoms with Crippen molar-refractivity contribution in [2.45, 2.75) is 37.5 Å². The maximum Gasteiger partial charge on any atom is 0.232 e. The lowest BCUT2D eigenvalue weighted by atomic mass is 10.1. The number of rotatable bonds is 6. The number of thiazole rings is 1. The monoisotopic (exact) mass is 455 g/mol. The largest absolute Gasteiger partial charge is 0.364 e. The second kappa shape index (κ2) is 10.6. The summed E-state index contributed by atoms with van der Waals surface area (Å²) in [5, 5.41) is 15.6. The normalized spacial score (nSPS) is 14.5. The maximum absolute atomic E-state index is 11.2. The Morgan fingerprint density at radius 3 is 2.87 bits per heavy atom. The molecule has 0 bridgehead atoms. The van der Waals surface area contributed by atoms with Crippen molar-refractivity contribution in [2.24, 2.45) is 0 Å². The van der Waals surface area contributed by atoms with Crippen molar-refractivity contribution >= 4 is 45.6 Å². The Balaban J connectivity index is 1.93. The average Bonchev–Trinajstić information content (AvgIpc) is 3.07. The number of carbonyl (C=O) groups is 1. The van der Waals surface area contributed by atoms with Gasteiger partial charge >= 0.3 is 0 Å². The minimum Gasteiger partial charge on any atom is -0.364 e. The molecule has 1 saturated heterocycles. The van der Waals surface area contributed by atoms with Crippen LogP contribution in [0, 0.1) is 17.9 Å². The second-order valence-electron chi connectivity index (χ2n) is 7.28. The molecule has 0 saturated carbocycles. The van der Waals surface area contributed by atoms with E-state index in [1.165, 1.54) is 30.0 Å². The number of carbonyl (C=O) groups excluding carboxylic acids is 1.